The molecule has 0 aromatic carbocycles. The van der Waals surface area contributed by atoms with E-state index in [4.69, 9.17) is 5.26 Å². The van der Waals surface area contributed by atoms with Crippen LogP contribution in [0.5, 0.6) is 0 Å². The Morgan fingerprint density at radius 3 is 3.09 bits per heavy atom. The lowest BCUT2D eigenvalue weighted by atomic mass is 10.0. The van der Waals surface area contributed by atoms with E-state index < -0.39 is 0 Å². The first-order valence-electron chi connectivity index (χ1n) is 3.76. The van der Waals surface area contributed by atoms with E-state index in [1.165, 1.54) is 11.6 Å². The predicted molar refractivity (Wildman–Crippen MR) is 45.8 cm³/mol. The van der Waals surface area contributed by atoms with E-state index in [1.807, 2.05) is 12.1 Å². The van der Waals surface area contributed by atoms with Crippen LogP contribution in [0.25, 0.3) is 0 Å². The fourth-order valence-electron chi connectivity index (χ4n) is 1.13. The lowest BCUT2D eigenvalue weighted by Crippen LogP contribution is -1.86. The molecule has 0 aromatic rings. The first-order chi connectivity index (χ1) is 5.33. The van der Waals surface area contributed by atoms with Crippen LogP contribution in [0.1, 0.15) is 19.8 Å². The quantitative estimate of drug-likeness (QED) is 0.520. The maximum atomic E-state index is 8.28. The van der Waals surface area contributed by atoms with Crippen LogP contribution in [0.2, 0.25) is 0 Å². The van der Waals surface area contributed by atoms with Crippen molar-refractivity contribution in [1.82, 2.24) is 0 Å². The van der Waals surface area contributed by atoms with Crippen molar-refractivity contribution in [3.05, 3.63) is 35.5 Å². The Balaban J connectivity index is 2.68. The molecule has 0 aromatic heterocycles. The van der Waals surface area contributed by atoms with Crippen molar-refractivity contribution in [2.24, 2.45) is 0 Å². The molecule has 56 valence electrons. The summed E-state index contributed by atoms with van der Waals surface area (Å²) in [6.45, 7) is 2.12. The van der Waals surface area contributed by atoms with Crippen molar-refractivity contribution in [1.29, 1.82) is 5.26 Å². The summed E-state index contributed by atoms with van der Waals surface area (Å²) in [7, 11) is 0. The number of allylic oxidation sites excluding steroid dienone is 6. The number of rotatable bonds is 1. The first-order valence-corrected chi connectivity index (χ1v) is 3.76. The van der Waals surface area contributed by atoms with Gasteiger partial charge in [-0.3, -0.25) is 0 Å². The third kappa shape index (κ3) is 2.43. The molecule has 0 N–H and O–H groups in total. The van der Waals surface area contributed by atoms with Crippen LogP contribution in [0.4, 0.5) is 0 Å². The minimum absolute atomic E-state index is 1.10. The van der Waals surface area contributed by atoms with E-state index in [2.05, 4.69) is 19.1 Å². The average molecular weight is 145 g/mol. The van der Waals surface area contributed by atoms with Crippen LogP contribution in [0.3, 0.4) is 0 Å². The predicted octanol–water partition coefficient (Wildman–Crippen LogP) is 2.73. The van der Waals surface area contributed by atoms with Gasteiger partial charge in [0.05, 0.1) is 6.07 Å². The smallest absolute Gasteiger partial charge is 0.0912 e. The molecule has 0 unspecified atom stereocenters. The SMILES string of the molecule is CC1=CC(/C=C/C#N)=CCC1. The minimum Gasteiger partial charge on any atom is -0.193 e. The third-order valence-electron chi connectivity index (χ3n) is 1.68. The zero-order chi connectivity index (χ0) is 8.10. The molecule has 0 fully saturated rings. The molecule has 0 amide bonds. The zero-order valence-corrected chi connectivity index (χ0v) is 6.67. The Morgan fingerprint density at radius 1 is 1.64 bits per heavy atom. The van der Waals surface area contributed by atoms with Gasteiger partial charge in [0.15, 0.2) is 0 Å². The highest BCUT2D eigenvalue weighted by Gasteiger charge is 1.97. The van der Waals surface area contributed by atoms with Gasteiger partial charge in [0.1, 0.15) is 0 Å². The summed E-state index contributed by atoms with van der Waals surface area (Å²) in [5, 5.41) is 8.28. The zero-order valence-electron chi connectivity index (χ0n) is 6.67. The van der Waals surface area contributed by atoms with Gasteiger partial charge in [-0.25, -0.2) is 0 Å². The summed E-state index contributed by atoms with van der Waals surface area (Å²) in [5.41, 5.74) is 2.56. The fraction of sp³-hybridized carbons (Fsp3) is 0.300. The van der Waals surface area contributed by atoms with Crippen LogP contribution >= 0.6 is 0 Å². The van der Waals surface area contributed by atoms with Crippen LogP contribution in [-0.4, -0.2) is 0 Å². The van der Waals surface area contributed by atoms with E-state index in [0.717, 1.165) is 18.4 Å². The molecule has 1 rings (SSSR count). The third-order valence-corrected chi connectivity index (χ3v) is 1.68. The molecule has 0 spiro atoms. The van der Waals surface area contributed by atoms with E-state index >= 15 is 0 Å². The van der Waals surface area contributed by atoms with Gasteiger partial charge < -0.3 is 0 Å². The minimum atomic E-state index is 1.10. The molecule has 0 heterocycles. The maximum Gasteiger partial charge on any atom is 0.0912 e. The van der Waals surface area contributed by atoms with Gasteiger partial charge in [0, 0.05) is 6.08 Å². The second-order valence-corrected chi connectivity index (χ2v) is 2.70. The monoisotopic (exact) mass is 145 g/mol. The van der Waals surface area contributed by atoms with Gasteiger partial charge >= 0.3 is 0 Å². The first kappa shape index (κ1) is 7.81. The Bertz CT molecular complexity index is 261. The second-order valence-electron chi connectivity index (χ2n) is 2.70. The topological polar surface area (TPSA) is 23.8 Å². The molecule has 0 radical (unpaired) electrons. The highest BCUT2D eigenvalue weighted by Crippen LogP contribution is 2.16. The van der Waals surface area contributed by atoms with E-state index in [1.54, 1.807) is 0 Å². The Morgan fingerprint density at radius 2 is 2.45 bits per heavy atom. The highest BCUT2D eigenvalue weighted by atomic mass is 14.2. The summed E-state index contributed by atoms with van der Waals surface area (Å²) >= 11 is 0. The van der Waals surface area contributed by atoms with Crippen LogP contribution in [0.15, 0.2) is 35.5 Å². The van der Waals surface area contributed by atoms with Crippen molar-refractivity contribution in [2.75, 3.05) is 0 Å². The van der Waals surface area contributed by atoms with Gasteiger partial charge in [0.25, 0.3) is 0 Å². The van der Waals surface area contributed by atoms with Crippen molar-refractivity contribution >= 4 is 0 Å². The molecular formula is C10H11N. The van der Waals surface area contributed by atoms with Crippen LogP contribution < -0.4 is 0 Å². The number of nitrogens with zero attached hydrogens (tertiary/aromatic N) is 1. The molecule has 0 bridgehead atoms. The Kier molecular flexibility index (Phi) is 2.68. The van der Waals surface area contributed by atoms with Crippen molar-refractivity contribution < 1.29 is 0 Å². The van der Waals surface area contributed by atoms with Crippen molar-refractivity contribution in [3.8, 4) is 6.07 Å². The lowest BCUT2D eigenvalue weighted by molar-refractivity contribution is 0.952. The summed E-state index contributed by atoms with van der Waals surface area (Å²) in [4.78, 5) is 0. The van der Waals surface area contributed by atoms with Gasteiger partial charge in [-0.15, -0.1) is 0 Å². The molecule has 0 aliphatic heterocycles. The van der Waals surface area contributed by atoms with E-state index in [0.29, 0.717) is 0 Å². The number of nitriles is 1. The molecule has 1 nitrogen and oxygen atoms in total. The van der Waals surface area contributed by atoms with Crippen LogP contribution in [-0.2, 0) is 0 Å². The lowest BCUT2D eigenvalue weighted by Gasteiger charge is -2.05. The molecule has 0 saturated carbocycles. The molecule has 11 heavy (non-hydrogen) atoms. The van der Waals surface area contributed by atoms with E-state index in [-0.39, 0.29) is 0 Å². The average Bonchev–Trinajstić information content (AvgIpc) is 2.01. The van der Waals surface area contributed by atoms with Gasteiger partial charge in [-0.05, 0) is 31.4 Å². The molecule has 0 saturated heterocycles. The second kappa shape index (κ2) is 3.78. The Labute approximate surface area is 67.3 Å². The summed E-state index contributed by atoms with van der Waals surface area (Å²) in [6, 6.07) is 1.98. The molecular weight excluding hydrogens is 134 g/mol. The molecule has 1 aliphatic rings. The summed E-state index contributed by atoms with van der Waals surface area (Å²) in [5.74, 6) is 0. The summed E-state index contributed by atoms with van der Waals surface area (Å²) in [6.07, 6.45) is 9.90. The van der Waals surface area contributed by atoms with Crippen LogP contribution in [0, 0.1) is 11.3 Å². The Hall–Kier alpha value is -1.29. The van der Waals surface area contributed by atoms with Crippen molar-refractivity contribution in [3.63, 3.8) is 0 Å². The maximum absolute atomic E-state index is 8.28. The molecule has 1 aliphatic carbocycles. The standard InChI is InChI=1S/C10H11N/c1-9-4-2-5-10(8-9)6-3-7-11/h3,5-6,8H,2,4H2,1H3/b6-3+. The molecule has 0 atom stereocenters. The van der Waals surface area contributed by atoms with Gasteiger partial charge in [0.2, 0.25) is 0 Å². The molecule has 1 heteroatoms. The fourth-order valence-corrected chi connectivity index (χ4v) is 1.13. The van der Waals surface area contributed by atoms with Gasteiger partial charge in [-0.1, -0.05) is 17.7 Å². The highest BCUT2D eigenvalue weighted by molar-refractivity contribution is 5.37. The number of hydrogen-bond donors (Lipinski definition) is 0. The van der Waals surface area contributed by atoms with Crippen molar-refractivity contribution in [2.45, 2.75) is 19.8 Å². The number of hydrogen-bond acceptors (Lipinski definition) is 1. The van der Waals surface area contributed by atoms with Gasteiger partial charge in [-0.2, -0.15) is 5.26 Å². The normalized spacial score (nSPS) is 17.5. The van der Waals surface area contributed by atoms with E-state index in [9.17, 15) is 0 Å². The summed E-state index contributed by atoms with van der Waals surface area (Å²) < 4.78 is 0. The largest absolute Gasteiger partial charge is 0.193 e.